The number of carbonyl (C=O) groups is 2. The third kappa shape index (κ3) is 4.16. The number of carbonyl (C=O) groups excluding carboxylic acids is 1. The summed E-state index contributed by atoms with van der Waals surface area (Å²) in [5, 5.41) is 14.8. The number of hydrogen-bond acceptors (Lipinski definition) is 3. The topological polar surface area (TPSA) is 78.4 Å². The van der Waals surface area contributed by atoms with Gasteiger partial charge in [-0.2, -0.15) is 0 Å². The van der Waals surface area contributed by atoms with Crippen LogP contribution in [0.15, 0.2) is 30.3 Å². The van der Waals surface area contributed by atoms with Crippen LogP contribution in [-0.4, -0.2) is 30.1 Å². The summed E-state index contributed by atoms with van der Waals surface area (Å²) in [5.74, 6) is -1.00. The Labute approximate surface area is 124 Å². The van der Waals surface area contributed by atoms with Crippen molar-refractivity contribution in [3.8, 4) is 0 Å². The minimum Gasteiger partial charge on any atom is -0.478 e. The number of carboxylic acids is 1. The summed E-state index contributed by atoms with van der Waals surface area (Å²) in [4.78, 5) is 22.9. The molecular weight excluding hydrogens is 268 g/mol. The fraction of sp³-hybridized carbons (Fsp3) is 0.375. The second kappa shape index (κ2) is 6.54. The van der Waals surface area contributed by atoms with E-state index in [9.17, 15) is 9.59 Å². The predicted molar refractivity (Wildman–Crippen MR) is 82.0 cm³/mol. The van der Waals surface area contributed by atoms with Crippen LogP contribution in [0.3, 0.4) is 0 Å². The van der Waals surface area contributed by atoms with Gasteiger partial charge in [-0.3, -0.25) is 4.79 Å². The Morgan fingerprint density at radius 3 is 2.90 bits per heavy atom. The Bertz CT molecular complexity index is 560. The van der Waals surface area contributed by atoms with Gasteiger partial charge in [0.25, 0.3) is 0 Å². The number of nitrogens with one attached hydrogen (secondary N) is 2. The number of aliphatic carboxylic acids is 1. The minimum atomic E-state index is -0.995. The molecule has 1 saturated heterocycles. The third-order valence-electron chi connectivity index (χ3n) is 3.71. The molecule has 21 heavy (non-hydrogen) atoms. The quantitative estimate of drug-likeness (QED) is 0.741. The molecular formula is C16H20N2O3. The molecule has 1 unspecified atom stereocenters. The molecule has 1 amide bonds. The van der Waals surface area contributed by atoms with E-state index in [1.165, 1.54) is 6.08 Å². The van der Waals surface area contributed by atoms with E-state index < -0.39 is 11.4 Å². The molecule has 0 aliphatic carbocycles. The van der Waals surface area contributed by atoms with E-state index in [1.54, 1.807) is 24.3 Å². The Hall–Kier alpha value is -2.14. The van der Waals surface area contributed by atoms with Crippen LogP contribution in [0.2, 0.25) is 0 Å². The molecule has 3 N–H and O–H groups in total. The fourth-order valence-corrected chi connectivity index (χ4v) is 2.42. The summed E-state index contributed by atoms with van der Waals surface area (Å²) in [6.07, 6.45) is 4.44. The van der Waals surface area contributed by atoms with E-state index in [0.29, 0.717) is 12.2 Å². The second-order valence-electron chi connectivity index (χ2n) is 5.59. The third-order valence-corrected chi connectivity index (χ3v) is 3.71. The lowest BCUT2D eigenvalue weighted by Crippen LogP contribution is -2.46. The van der Waals surface area contributed by atoms with Gasteiger partial charge in [-0.05, 0) is 50.1 Å². The number of amides is 1. The summed E-state index contributed by atoms with van der Waals surface area (Å²) in [6, 6.07) is 7.14. The van der Waals surface area contributed by atoms with Crippen LogP contribution in [0.4, 0.5) is 5.69 Å². The minimum absolute atomic E-state index is 0.00550. The van der Waals surface area contributed by atoms with Crippen LogP contribution < -0.4 is 10.6 Å². The molecule has 1 aromatic carbocycles. The highest BCUT2D eigenvalue weighted by molar-refractivity contribution is 5.95. The maximum absolute atomic E-state index is 12.4. The average Bonchev–Trinajstić information content (AvgIpc) is 2.46. The molecule has 1 aliphatic rings. The number of piperidine rings is 1. The van der Waals surface area contributed by atoms with Crippen molar-refractivity contribution < 1.29 is 14.7 Å². The largest absolute Gasteiger partial charge is 0.478 e. The van der Waals surface area contributed by atoms with E-state index in [4.69, 9.17) is 5.11 Å². The van der Waals surface area contributed by atoms with Crippen molar-refractivity contribution in [3.05, 3.63) is 35.9 Å². The first-order chi connectivity index (χ1) is 9.99. The Balaban J connectivity index is 2.07. The van der Waals surface area contributed by atoms with Crippen molar-refractivity contribution in [2.75, 3.05) is 18.4 Å². The average molecular weight is 288 g/mol. The predicted octanol–water partition coefficient (Wildman–Crippen LogP) is 2.11. The molecule has 112 valence electrons. The molecule has 0 radical (unpaired) electrons. The van der Waals surface area contributed by atoms with Crippen molar-refractivity contribution in [1.82, 2.24) is 5.32 Å². The zero-order valence-corrected chi connectivity index (χ0v) is 12.1. The van der Waals surface area contributed by atoms with Gasteiger partial charge in [0, 0.05) is 18.3 Å². The van der Waals surface area contributed by atoms with Gasteiger partial charge in [0.1, 0.15) is 0 Å². The van der Waals surface area contributed by atoms with E-state index in [-0.39, 0.29) is 5.91 Å². The van der Waals surface area contributed by atoms with Crippen LogP contribution in [0.5, 0.6) is 0 Å². The van der Waals surface area contributed by atoms with Crippen LogP contribution in [0.1, 0.15) is 25.3 Å². The lowest BCUT2D eigenvalue weighted by Gasteiger charge is -2.32. The summed E-state index contributed by atoms with van der Waals surface area (Å²) in [5.41, 5.74) is 1.02. The van der Waals surface area contributed by atoms with Gasteiger partial charge in [-0.25, -0.2) is 4.79 Å². The molecule has 2 rings (SSSR count). The van der Waals surface area contributed by atoms with Gasteiger partial charge >= 0.3 is 5.97 Å². The first kappa shape index (κ1) is 15.3. The molecule has 1 aromatic rings. The lowest BCUT2D eigenvalue weighted by atomic mass is 9.82. The van der Waals surface area contributed by atoms with Gasteiger partial charge in [-0.15, -0.1) is 0 Å². The molecule has 1 atom stereocenters. The first-order valence-corrected chi connectivity index (χ1v) is 7.03. The molecule has 0 spiro atoms. The maximum atomic E-state index is 12.4. The molecule has 5 nitrogen and oxygen atoms in total. The molecule has 0 aromatic heterocycles. The number of benzene rings is 1. The monoisotopic (exact) mass is 288 g/mol. The van der Waals surface area contributed by atoms with Crippen molar-refractivity contribution in [2.45, 2.75) is 19.8 Å². The van der Waals surface area contributed by atoms with Crippen molar-refractivity contribution in [3.63, 3.8) is 0 Å². The fourth-order valence-electron chi connectivity index (χ4n) is 2.42. The number of rotatable bonds is 4. The summed E-state index contributed by atoms with van der Waals surface area (Å²) >= 11 is 0. The molecule has 0 bridgehead atoms. The first-order valence-electron chi connectivity index (χ1n) is 7.03. The van der Waals surface area contributed by atoms with E-state index >= 15 is 0 Å². The normalized spacial score (nSPS) is 22.1. The number of anilines is 1. The van der Waals surface area contributed by atoms with Gasteiger partial charge in [-0.1, -0.05) is 12.1 Å². The highest BCUT2D eigenvalue weighted by atomic mass is 16.4. The zero-order valence-electron chi connectivity index (χ0n) is 12.1. The van der Waals surface area contributed by atoms with Crippen LogP contribution in [-0.2, 0) is 9.59 Å². The second-order valence-corrected chi connectivity index (χ2v) is 5.59. The highest BCUT2D eigenvalue weighted by Gasteiger charge is 2.34. The SMILES string of the molecule is CC1(C(=O)Nc2cccc(/C=C/C(=O)O)c2)CCCNC1. The van der Waals surface area contributed by atoms with E-state index in [0.717, 1.165) is 31.0 Å². The van der Waals surface area contributed by atoms with E-state index in [1.807, 2.05) is 6.92 Å². The Morgan fingerprint density at radius 2 is 2.24 bits per heavy atom. The molecule has 5 heteroatoms. The van der Waals surface area contributed by atoms with Gasteiger partial charge in [0.15, 0.2) is 0 Å². The maximum Gasteiger partial charge on any atom is 0.328 e. The summed E-state index contributed by atoms with van der Waals surface area (Å²) < 4.78 is 0. The van der Waals surface area contributed by atoms with Crippen LogP contribution >= 0.6 is 0 Å². The van der Waals surface area contributed by atoms with Crippen molar-refractivity contribution in [2.24, 2.45) is 5.41 Å². The summed E-state index contributed by atoms with van der Waals surface area (Å²) in [6.45, 7) is 3.60. The van der Waals surface area contributed by atoms with Gasteiger partial charge in [0.2, 0.25) is 5.91 Å². The van der Waals surface area contributed by atoms with E-state index in [2.05, 4.69) is 10.6 Å². The molecule has 0 saturated carbocycles. The standard InChI is InChI=1S/C16H20N2O3/c1-16(8-3-9-17-11-16)15(21)18-13-5-2-4-12(10-13)6-7-14(19)20/h2,4-7,10,17H,3,8-9,11H2,1H3,(H,18,21)(H,19,20)/b7-6+. The van der Waals surface area contributed by atoms with Crippen molar-refractivity contribution in [1.29, 1.82) is 0 Å². The molecule has 1 aliphatic heterocycles. The number of carboxylic acid groups (broad SMARTS) is 1. The van der Waals surface area contributed by atoms with Gasteiger partial charge in [0.05, 0.1) is 5.41 Å². The van der Waals surface area contributed by atoms with Crippen LogP contribution in [0, 0.1) is 5.41 Å². The molecule has 1 heterocycles. The number of hydrogen-bond donors (Lipinski definition) is 3. The highest BCUT2D eigenvalue weighted by Crippen LogP contribution is 2.27. The smallest absolute Gasteiger partial charge is 0.328 e. The Kier molecular flexibility index (Phi) is 4.75. The summed E-state index contributed by atoms with van der Waals surface area (Å²) in [7, 11) is 0. The zero-order chi connectivity index (χ0) is 15.3. The Morgan fingerprint density at radius 1 is 1.43 bits per heavy atom. The van der Waals surface area contributed by atoms with Gasteiger partial charge < -0.3 is 15.7 Å². The van der Waals surface area contributed by atoms with Crippen molar-refractivity contribution >= 4 is 23.6 Å². The van der Waals surface area contributed by atoms with Crippen LogP contribution in [0.25, 0.3) is 6.08 Å². The molecule has 1 fully saturated rings. The lowest BCUT2D eigenvalue weighted by molar-refractivity contribution is -0.131.